The Balaban J connectivity index is 2.45. The molecular weight excluding hydrogens is 336 g/mol. The highest BCUT2D eigenvalue weighted by Gasteiger charge is 2.51. The lowest BCUT2D eigenvalue weighted by atomic mass is 9.52. The molecule has 1 aromatic carbocycles. The predicted octanol–water partition coefficient (Wildman–Crippen LogP) is 6.18. The van der Waals surface area contributed by atoms with Crippen LogP contribution in [-0.2, 0) is 10.2 Å². The van der Waals surface area contributed by atoms with E-state index in [2.05, 4.69) is 46.8 Å². The molecule has 1 aliphatic carbocycles. The van der Waals surface area contributed by atoms with Gasteiger partial charge in [0, 0.05) is 11.8 Å². The summed E-state index contributed by atoms with van der Waals surface area (Å²) < 4.78 is 11.0. The second-order valence-electron chi connectivity index (χ2n) is 9.00. The van der Waals surface area contributed by atoms with Crippen molar-refractivity contribution in [3.05, 3.63) is 23.8 Å². The summed E-state index contributed by atoms with van der Waals surface area (Å²) >= 11 is 0. The number of rotatable bonds is 8. The number of ether oxygens (including phenoxy) is 2. The minimum Gasteiger partial charge on any atom is -0.493 e. The van der Waals surface area contributed by atoms with E-state index in [1.165, 1.54) is 24.8 Å². The second kappa shape index (κ2) is 8.67. The summed E-state index contributed by atoms with van der Waals surface area (Å²) in [4.78, 5) is 12.7. The standard InChI is InChI=1S/C24H38O3/c1-8-17(2)10-9-14-24(15-13-22(25)23(4,5)18(24)3)19-11-12-20(26-6)21(16-19)27-7/h11-12,16-18H,8-10,13-15H2,1-7H3/t17?,18?,24-/m0/s1. The number of benzene rings is 1. The molecule has 1 saturated carbocycles. The Bertz CT molecular complexity index is 649. The molecule has 0 aliphatic heterocycles. The maximum atomic E-state index is 12.7. The highest BCUT2D eigenvalue weighted by atomic mass is 16.5. The summed E-state index contributed by atoms with van der Waals surface area (Å²) in [6, 6.07) is 6.35. The van der Waals surface area contributed by atoms with Gasteiger partial charge in [0.15, 0.2) is 11.5 Å². The van der Waals surface area contributed by atoms with Crippen molar-refractivity contribution in [2.75, 3.05) is 14.2 Å². The van der Waals surface area contributed by atoms with Crippen LogP contribution in [0.1, 0.15) is 78.7 Å². The molecular formula is C24H38O3. The van der Waals surface area contributed by atoms with Crippen LogP contribution < -0.4 is 9.47 Å². The van der Waals surface area contributed by atoms with Gasteiger partial charge in [-0.1, -0.05) is 59.9 Å². The molecule has 2 rings (SSSR count). The molecule has 1 aromatic rings. The zero-order chi connectivity index (χ0) is 20.2. The van der Waals surface area contributed by atoms with E-state index in [-0.39, 0.29) is 16.7 Å². The van der Waals surface area contributed by atoms with Crippen LogP contribution in [0.3, 0.4) is 0 Å². The SMILES string of the molecule is CCC(C)CCC[C@]1(c2ccc(OC)c(OC)c2)CCC(=O)C(C)(C)C1C. The number of carbonyl (C=O) groups excluding carboxylic acids is 1. The fourth-order valence-electron chi connectivity index (χ4n) is 4.80. The monoisotopic (exact) mass is 374 g/mol. The first-order chi connectivity index (χ1) is 12.7. The third kappa shape index (κ3) is 4.17. The van der Waals surface area contributed by atoms with E-state index < -0.39 is 0 Å². The van der Waals surface area contributed by atoms with E-state index >= 15 is 0 Å². The Labute approximate surface area is 165 Å². The van der Waals surface area contributed by atoms with Gasteiger partial charge in [0.05, 0.1) is 14.2 Å². The van der Waals surface area contributed by atoms with Crippen molar-refractivity contribution < 1.29 is 14.3 Å². The van der Waals surface area contributed by atoms with Crippen LogP contribution in [0.25, 0.3) is 0 Å². The van der Waals surface area contributed by atoms with Crippen LogP contribution >= 0.6 is 0 Å². The fraction of sp³-hybridized carbons (Fsp3) is 0.708. The van der Waals surface area contributed by atoms with E-state index in [0.717, 1.165) is 30.3 Å². The van der Waals surface area contributed by atoms with Crippen molar-refractivity contribution in [3.63, 3.8) is 0 Å². The summed E-state index contributed by atoms with van der Waals surface area (Å²) in [5.41, 5.74) is 0.990. The Morgan fingerprint density at radius 1 is 1.19 bits per heavy atom. The summed E-state index contributed by atoms with van der Waals surface area (Å²) in [6.45, 7) is 11.1. The lowest BCUT2D eigenvalue weighted by Crippen LogP contribution is -2.50. The largest absolute Gasteiger partial charge is 0.493 e. The maximum absolute atomic E-state index is 12.7. The lowest BCUT2D eigenvalue weighted by molar-refractivity contribution is -0.136. The van der Waals surface area contributed by atoms with E-state index in [0.29, 0.717) is 12.2 Å². The van der Waals surface area contributed by atoms with Gasteiger partial charge in [-0.15, -0.1) is 0 Å². The zero-order valence-corrected chi connectivity index (χ0v) is 18.4. The molecule has 0 radical (unpaired) electrons. The number of methoxy groups -OCH3 is 2. The Kier molecular flexibility index (Phi) is 6.99. The molecule has 0 amide bonds. The van der Waals surface area contributed by atoms with Crippen molar-refractivity contribution in [2.24, 2.45) is 17.3 Å². The van der Waals surface area contributed by atoms with Gasteiger partial charge in [0.1, 0.15) is 5.78 Å². The highest BCUT2D eigenvalue weighted by molar-refractivity contribution is 5.85. The van der Waals surface area contributed by atoms with Gasteiger partial charge >= 0.3 is 0 Å². The first-order valence-electron chi connectivity index (χ1n) is 10.5. The summed E-state index contributed by atoms with van der Waals surface area (Å²) in [5.74, 6) is 2.96. The normalized spacial score (nSPS) is 25.9. The molecule has 0 saturated heterocycles. The second-order valence-corrected chi connectivity index (χ2v) is 9.00. The van der Waals surface area contributed by atoms with Crippen LogP contribution in [0.5, 0.6) is 11.5 Å². The van der Waals surface area contributed by atoms with E-state index in [1.807, 2.05) is 6.07 Å². The first kappa shape index (κ1) is 21.8. The predicted molar refractivity (Wildman–Crippen MR) is 112 cm³/mol. The zero-order valence-electron chi connectivity index (χ0n) is 18.4. The molecule has 3 nitrogen and oxygen atoms in total. The molecule has 0 aromatic heterocycles. The number of hydrogen-bond acceptors (Lipinski definition) is 3. The van der Waals surface area contributed by atoms with E-state index in [9.17, 15) is 4.79 Å². The van der Waals surface area contributed by atoms with Crippen molar-refractivity contribution in [3.8, 4) is 11.5 Å². The molecule has 1 aliphatic rings. The number of hydrogen-bond donors (Lipinski definition) is 0. The Morgan fingerprint density at radius 3 is 2.44 bits per heavy atom. The maximum Gasteiger partial charge on any atom is 0.161 e. The van der Waals surface area contributed by atoms with Gasteiger partial charge in [-0.3, -0.25) is 4.79 Å². The molecule has 0 heterocycles. The Hall–Kier alpha value is -1.51. The molecule has 0 N–H and O–H groups in total. The molecule has 3 heteroatoms. The average Bonchev–Trinajstić information content (AvgIpc) is 2.67. The molecule has 0 bridgehead atoms. The molecule has 2 unspecified atom stereocenters. The first-order valence-corrected chi connectivity index (χ1v) is 10.5. The summed E-state index contributed by atoms with van der Waals surface area (Å²) in [6.07, 6.45) is 6.36. The van der Waals surface area contributed by atoms with E-state index in [4.69, 9.17) is 9.47 Å². The number of Topliss-reactive ketones (excluding diaryl/α,β-unsaturated/α-hetero) is 1. The van der Waals surface area contributed by atoms with Crippen LogP contribution in [0.4, 0.5) is 0 Å². The van der Waals surface area contributed by atoms with Gasteiger partial charge < -0.3 is 9.47 Å². The summed E-state index contributed by atoms with van der Waals surface area (Å²) in [7, 11) is 3.36. The van der Waals surface area contributed by atoms with Crippen molar-refractivity contribution in [1.82, 2.24) is 0 Å². The van der Waals surface area contributed by atoms with Gasteiger partial charge in [-0.05, 0) is 47.8 Å². The molecule has 27 heavy (non-hydrogen) atoms. The van der Waals surface area contributed by atoms with Gasteiger partial charge in [-0.2, -0.15) is 0 Å². The highest BCUT2D eigenvalue weighted by Crippen LogP contribution is 2.54. The van der Waals surface area contributed by atoms with Crippen LogP contribution in [0.2, 0.25) is 0 Å². The van der Waals surface area contributed by atoms with Crippen LogP contribution in [0, 0.1) is 17.3 Å². The smallest absolute Gasteiger partial charge is 0.161 e. The van der Waals surface area contributed by atoms with Crippen molar-refractivity contribution in [1.29, 1.82) is 0 Å². The topological polar surface area (TPSA) is 35.5 Å². The van der Waals surface area contributed by atoms with Crippen molar-refractivity contribution >= 4 is 5.78 Å². The minimum absolute atomic E-state index is 0.00439. The van der Waals surface area contributed by atoms with Crippen LogP contribution in [0.15, 0.2) is 18.2 Å². The van der Waals surface area contributed by atoms with Gasteiger partial charge in [-0.25, -0.2) is 0 Å². The molecule has 3 atom stereocenters. The molecule has 1 fully saturated rings. The van der Waals surface area contributed by atoms with E-state index in [1.54, 1.807) is 14.2 Å². The number of ketones is 1. The molecule has 0 spiro atoms. The third-order valence-electron chi connectivity index (χ3n) is 7.40. The minimum atomic E-state index is -0.304. The third-order valence-corrected chi connectivity index (χ3v) is 7.40. The quantitative estimate of drug-likeness (QED) is 0.545. The number of carbonyl (C=O) groups is 1. The molecule has 152 valence electrons. The van der Waals surface area contributed by atoms with Crippen LogP contribution in [-0.4, -0.2) is 20.0 Å². The van der Waals surface area contributed by atoms with Crippen molar-refractivity contribution in [2.45, 2.75) is 78.6 Å². The summed E-state index contributed by atoms with van der Waals surface area (Å²) in [5, 5.41) is 0. The lowest BCUT2D eigenvalue weighted by Gasteiger charge is -2.51. The van der Waals surface area contributed by atoms with Gasteiger partial charge in [0.2, 0.25) is 0 Å². The van der Waals surface area contributed by atoms with Gasteiger partial charge in [0.25, 0.3) is 0 Å². The fourth-order valence-corrected chi connectivity index (χ4v) is 4.80. The Morgan fingerprint density at radius 2 is 1.85 bits per heavy atom. The average molecular weight is 375 g/mol.